The standard InChI is InChI=1S/C23H24N2O6S/c1-16-13-25(14-17(2)30-16)32(27,28)20-10-8-19(9-11-20)23(26)29-15-22-24-12-21(31-22)18-6-4-3-5-7-18/h3-12,16-17H,13-15H2,1-2H3. The van der Waals surface area contributed by atoms with Crippen LogP contribution >= 0.6 is 0 Å². The summed E-state index contributed by atoms with van der Waals surface area (Å²) in [6.45, 7) is 4.13. The summed E-state index contributed by atoms with van der Waals surface area (Å²) < 4.78 is 43.7. The van der Waals surface area contributed by atoms with Crippen molar-refractivity contribution in [2.45, 2.75) is 37.6 Å². The SMILES string of the molecule is CC1CN(S(=O)(=O)c2ccc(C(=O)OCc3ncc(-c4ccccc4)o3)cc2)CC(C)O1. The summed E-state index contributed by atoms with van der Waals surface area (Å²) in [5, 5.41) is 0. The number of rotatable bonds is 6. The largest absolute Gasteiger partial charge is 0.452 e. The van der Waals surface area contributed by atoms with Crippen molar-refractivity contribution in [1.29, 1.82) is 0 Å². The minimum atomic E-state index is -3.67. The van der Waals surface area contributed by atoms with Gasteiger partial charge in [0.25, 0.3) is 0 Å². The van der Waals surface area contributed by atoms with E-state index in [0.717, 1.165) is 5.56 Å². The number of carbonyl (C=O) groups is 1. The Bertz CT molecular complexity index is 1160. The van der Waals surface area contributed by atoms with Crippen LogP contribution in [-0.2, 0) is 26.1 Å². The van der Waals surface area contributed by atoms with Crippen molar-refractivity contribution < 1.29 is 27.1 Å². The molecule has 1 aliphatic heterocycles. The molecule has 0 spiro atoms. The van der Waals surface area contributed by atoms with Gasteiger partial charge in [-0.25, -0.2) is 18.2 Å². The first kappa shape index (κ1) is 22.2. The van der Waals surface area contributed by atoms with E-state index in [1.54, 1.807) is 6.20 Å². The molecule has 3 aromatic rings. The number of esters is 1. The predicted molar refractivity (Wildman–Crippen MR) is 116 cm³/mol. The number of benzene rings is 2. The van der Waals surface area contributed by atoms with E-state index in [0.29, 0.717) is 5.76 Å². The maximum atomic E-state index is 12.9. The number of oxazole rings is 1. The molecule has 1 fully saturated rings. The van der Waals surface area contributed by atoms with Crippen LogP contribution in [0, 0.1) is 0 Å². The lowest BCUT2D eigenvalue weighted by atomic mass is 10.2. The summed E-state index contributed by atoms with van der Waals surface area (Å²) in [5.74, 6) is 0.256. The Morgan fingerprint density at radius 2 is 1.72 bits per heavy atom. The molecule has 0 amide bonds. The zero-order chi connectivity index (χ0) is 22.7. The van der Waals surface area contributed by atoms with Gasteiger partial charge in [-0.1, -0.05) is 30.3 Å². The molecule has 0 N–H and O–H groups in total. The van der Waals surface area contributed by atoms with Gasteiger partial charge in [-0.3, -0.25) is 0 Å². The molecule has 168 valence electrons. The molecule has 9 heteroatoms. The van der Waals surface area contributed by atoms with Crippen LogP contribution in [0.1, 0.15) is 30.1 Å². The molecule has 2 aromatic carbocycles. The normalized spacial score (nSPS) is 19.6. The van der Waals surface area contributed by atoms with Gasteiger partial charge in [0.05, 0.1) is 28.9 Å². The van der Waals surface area contributed by atoms with Gasteiger partial charge in [0.1, 0.15) is 0 Å². The van der Waals surface area contributed by atoms with E-state index in [1.165, 1.54) is 28.6 Å². The number of sulfonamides is 1. The van der Waals surface area contributed by atoms with E-state index in [-0.39, 0.29) is 48.3 Å². The van der Waals surface area contributed by atoms with E-state index in [1.807, 2.05) is 44.2 Å². The Morgan fingerprint density at radius 1 is 1.06 bits per heavy atom. The summed E-state index contributed by atoms with van der Waals surface area (Å²) in [6, 6.07) is 15.2. The highest BCUT2D eigenvalue weighted by molar-refractivity contribution is 7.89. The molecule has 0 bridgehead atoms. The molecule has 2 heterocycles. The highest BCUT2D eigenvalue weighted by Gasteiger charge is 2.32. The third kappa shape index (κ3) is 4.90. The van der Waals surface area contributed by atoms with Crippen molar-refractivity contribution in [3.8, 4) is 11.3 Å². The van der Waals surface area contributed by atoms with Crippen LogP contribution in [0.25, 0.3) is 11.3 Å². The third-order valence-electron chi connectivity index (χ3n) is 5.05. The zero-order valence-electron chi connectivity index (χ0n) is 17.8. The molecule has 4 rings (SSSR count). The molecule has 2 atom stereocenters. The number of aromatic nitrogens is 1. The van der Waals surface area contributed by atoms with E-state index < -0.39 is 16.0 Å². The topological polar surface area (TPSA) is 98.9 Å². The molecule has 0 aliphatic carbocycles. The summed E-state index contributed by atoms with van der Waals surface area (Å²) in [7, 11) is -3.67. The van der Waals surface area contributed by atoms with Crippen LogP contribution < -0.4 is 0 Å². The van der Waals surface area contributed by atoms with Crippen molar-refractivity contribution in [2.24, 2.45) is 0 Å². The number of nitrogens with zero attached hydrogens (tertiary/aromatic N) is 2. The molecular formula is C23H24N2O6S. The van der Waals surface area contributed by atoms with E-state index in [2.05, 4.69) is 4.98 Å². The Labute approximate surface area is 186 Å². The lowest BCUT2D eigenvalue weighted by Gasteiger charge is -2.34. The van der Waals surface area contributed by atoms with Crippen molar-refractivity contribution in [2.75, 3.05) is 13.1 Å². The van der Waals surface area contributed by atoms with Crippen LogP contribution in [-0.4, -0.2) is 49.0 Å². The van der Waals surface area contributed by atoms with Crippen molar-refractivity contribution >= 4 is 16.0 Å². The number of hydrogen-bond acceptors (Lipinski definition) is 7. The lowest BCUT2D eigenvalue weighted by molar-refractivity contribution is -0.0440. The van der Waals surface area contributed by atoms with Crippen molar-refractivity contribution in [3.63, 3.8) is 0 Å². The zero-order valence-corrected chi connectivity index (χ0v) is 18.6. The van der Waals surface area contributed by atoms with E-state index in [4.69, 9.17) is 13.9 Å². The molecule has 1 aliphatic rings. The Balaban J connectivity index is 1.39. The van der Waals surface area contributed by atoms with Gasteiger partial charge in [0.15, 0.2) is 12.4 Å². The van der Waals surface area contributed by atoms with Gasteiger partial charge >= 0.3 is 5.97 Å². The smallest absolute Gasteiger partial charge is 0.338 e. The summed E-state index contributed by atoms with van der Waals surface area (Å²) in [5.41, 5.74) is 1.11. The Morgan fingerprint density at radius 3 is 2.38 bits per heavy atom. The first-order chi connectivity index (χ1) is 15.3. The van der Waals surface area contributed by atoms with Crippen LogP contribution in [0.15, 0.2) is 70.1 Å². The number of morpholine rings is 1. The van der Waals surface area contributed by atoms with Gasteiger partial charge in [-0.15, -0.1) is 0 Å². The second-order valence-electron chi connectivity index (χ2n) is 7.66. The maximum absolute atomic E-state index is 12.9. The lowest BCUT2D eigenvalue weighted by Crippen LogP contribution is -2.48. The highest BCUT2D eigenvalue weighted by atomic mass is 32.2. The molecule has 1 aromatic heterocycles. The highest BCUT2D eigenvalue weighted by Crippen LogP contribution is 2.23. The van der Waals surface area contributed by atoms with Gasteiger partial charge in [0.2, 0.25) is 15.9 Å². The molecule has 32 heavy (non-hydrogen) atoms. The van der Waals surface area contributed by atoms with Crippen LogP contribution in [0.3, 0.4) is 0 Å². The quantitative estimate of drug-likeness (QED) is 0.524. The fraction of sp³-hybridized carbons (Fsp3) is 0.304. The fourth-order valence-corrected chi connectivity index (χ4v) is 5.15. The van der Waals surface area contributed by atoms with Gasteiger partial charge in [-0.2, -0.15) is 4.31 Å². The maximum Gasteiger partial charge on any atom is 0.338 e. The molecule has 0 radical (unpaired) electrons. The van der Waals surface area contributed by atoms with Gasteiger partial charge in [0, 0.05) is 18.7 Å². The van der Waals surface area contributed by atoms with Crippen LogP contribution in [0.5, 0.6) is 0 Å². The summed E-state index contributed by atoms with van der Waals surface area (Å²) >= 11 is 0. The Hall–Kier alpha value is -3.01. The monoisotopic (exact) mass is 456 g/mol. The van der Waals surface area contributed by atoms with Crippen LogP contribution in [0.2, 0.25) is 0 Å². The third-order valence-corrected chi connectivity index (χ3v) is 6.90. The second-order valence-corrected chi connectivity index (χ2v) is 9.60. The fourth-order valence-electron chi connectivity index (χ4n) is 3.56. The number of ether oxygens (including phenoxy) is 2. The molecule has 8 nitrogen and oxygen atoms in total. The predicted octanol–water partition coefficient (Wildman–Crippen LogP) is 3.50. The first-order valence-electron chi connectivity index (χ1n) is 10.3. The van der Waals surface area contributed by atoms with E-state index in [9.17, 15) is 13.2 Å². The average Bonchev–Trinajstić information content (AvgIpc) is 3.27. The summed E-state index contributed by atoms with van der Waals surface area (Å²) in [4.78, 5) is 16.6. The average molecular weight is 457 g/mol. The van der Waals surface area contributed by atoms with Gasteiger partial charge in [-0.05, 0) is 38.1 Å². The molecule has 0 saturated carbocycles. The van der Waals surface area contributed by atoms with E-state index >= 15 is 0 Å². The minimum Gasteiger partial charge on any atom is -0.452 e. The van der Waals surface area contributed by atoms with Crippen molar-refractivity contribution in [3.05, 3.63) is 72.2 Å². The Kier molecular flexibility index (Phi) is 6.40. The first-order valence-corrected chi connectivity index (χ1v) is 11.7. The number of carbonyl (C=O) groups excluding carboxylic acids is 1. The molecule has 1 saturated heterocycles. The summed E-state index contributed by atoms with van der Waals surface area (Å²) in [6.07, 6.45) is 1.21. The van der Waals surface area contributed by atoms with Crippen LogP contribution in [0.4, 0.5) is 0 Å². The second kappa shape index (κ2) is 9.23. The molecular weight excluding hydrogens is 432 g/mol. The molecule has 2 unspecified atom stereocenters. The van der Waals surface area contributed by atoms with Crippen molar-refractivity contribution in [1.82, 2.24) is 9.29 Å². The minimum absolute atomic E-state index is 0.121. The number of hydrogen-bond donors (Lipinski definition) is 0. The van der Waals surface area contributed by atoms with Gasteiger partial charge < -0.3 is 13.9 Å².